The summed E-state index contributed by atoms with van der Waals surface area (Å²) in [6, 6.07) is 1.46. The van der Waals surface area contributed by atoms with Crippen molar-refractivity contribution in [3.05, 3.63) is 28.2 Å². The zero-order valence-corrected chi connectivity index (χ0v) is 11.5. The second-order valence-electron chi connectivity index (χ2n) is 5.33. The zero-order chi connectivity index (χ0) is 14.2. The molecule has 6 heteroatoms. The highest BCUT2D eigenvalue weighted by molar-refractivity contribution is 5.96. The molecular formula is C14H18N2O4. The number of hydrogen-bond acceptors (Lipinski definition) is 4. The number of carbonyl (C=O) groups excluding carboxylic acids is 1. The normalized spacial score (nSPS) is 19.1. The largest absolute Gasteiger partial charge is 0.487 e. The smallest absolute Gasteiger partial charge is 0.272 e. The van der Waals surface area contributed by atoms with Crippen LogP contribution in [0.25, 0.3) is 0 Å². The first-order valence-corrected chi connectivity index (χ1v) is 6.93. The molecule has 1 aromatic heterocycles. The minimum absolute atomic E-state index is 0.157. The molecule has 2 aliphatic heterocycles. The Hall–Kier alpha value is -1.82. The molecule has 0 unspecified atom stereocenters. The second-order valence-corrected chi connectivity index (χ2v) is 5.33. The van der Waals surface area contributed by atoms with Gasteiger partial charge in [-0.15, -0.1) is 0 Å². The quantitative estimate of drug-likeness (QED) is 0.814. The van der Waals surface area contributed by atoms with Gasteiger partial charge < -0.3 is 19.4 Å². The minimum atomic E-state index is -0.264. The van der Waals surface area contributed by atoms with Crippen LogP contribution in [-0.4, -0.2) is 36.8 Å². The lowest BCUT2D eigenvalue weighted by Crippen LogP contribution is -2.63. The third-order valence-corrected chi connectivity index (χ3v) is 3.84. The van der Waals surface area contributed by atoms with E-state index in [1.807, 2.05) is 11.5 Å². The van der Waals surface area contributed by atoms with Gasteiger partial charge in [0, 0.05) is 18.8 Å². The van der Waals surface area contributed by atoms with Gasteiger partial charge in [0.1, 0.15) is 5.54 Å². The number of rotatable bonds is 4. The average Bonchev–Trinajstić information content (AvgIpc) is 2.40. The van der Waals surface area contributed by atoms with E-state index in [4.69, 9.17) is 9.47 Å². The molecule has 1 saturated heterocycles. The predicted molar refractivity (Wildman–Crippen MR) is 72.2 cm³/mol. The van der Waals surface area contributed by atoms with Crippen LogP contribution in [0.3, 0.4) is 0 Å². The van der Waals surface area contributed by atoms with Gasteiger partial charge in [-0.1, -0.05) is 13.3 Å². The Morgan fingerprint density at radius 2 is 2.25 bits per heavy atom. The summed E-state index contributed by atoms with van der Waals surface area (Å²) in [5.41, 5.74) is -0.192. The van der Waals surface area contributed by atoms with Crippen LogP contribution >= 0.6 is 0 Å². The Bertz CT molecular complexity index is 589. The predicted octanol–water partition coefficient (Wildman–Crippen LogP) is 0.496. The topological polar surface area (TPSA) is 69.6 Å². The number of carbonyl (C=O) groups is 1. The number of nitrogens with one attached hydrogen (secondary N) is 1. The zero-order valence-electron chi connectivity index (χ0n) is 11.5. The van der Waals surface area contributed by atoms with Crippen LogP contribution in [0.4, 0.5) is 0 Å². The number of pyridine rings is 1. The summed E-state index contributed by atoms with van der Waals surface area (Å²) in [6.07, 6.45) is 3.50. The van der Waals surface area contributed by atoms with Crippen LogP contribution in [0.1, 0.15) is 30.3 Å². The highest BCUT2D eigenvalue weighted by Gasteiger charge is 2.46. The molecule has 1 aromatic rings. The Kier molecular flexibility index (Phi) is 3.25. The van der Waals surface area contributed by atoms with Crippen molar-refractivity contribution < 1.29 is 14.3 Å². The summed E-state index contributed by atoms with van der Waals surface area (Å²) in [7, 11) is 0. The molecule has 0 bridgehead atoms. The molecule has 1 spiro atoms. The van der Waals surface area contributed by atoms with Crippen molar-refractivity contribution >= 4 is 5.91 Å². The minimum Gasteiger partial charge on any atom is -0.487 e. The number of fused-ring (bicyclic) bond motifs is 2. The molecule has 0 radical (unpaired) electrons. The monoisotopic (exact) mass is 278 g/mol. The fraction of sp³-hybridized carbons (Fsp3) is 0.571. The summed E-state index contributed by atoms with van der Waals surface area (Å²) in [6.45, 7) is 4.09. The lowest BCUT2D eigenvalue weighted by molar-refractivity contribution is -0.102. The maximum atomic E-state index is 12.1. The van der Waals surface area contributed by atoms with Crippen LogP contribution in [0.15, 0.2) is 17.1 Å². The molecule has 1 amide bonds. The number of nitrogens with zero attached hydrogens (tertiary/aromatic N) is 1. The standard InChI is InChI=1S/C14H18N2O4/c1-2-3-6-20-12-10(17)4-5-16-11(12)13(18)15-7-14(16)8-19-9-14/h4-5H,2-3,6-9H2,1H3,(H,15,18). The van der Waals surface area contributed by atoms with Crippen LogP contribution in [0, 0.1) is 0 Å². The number of hydrogen-bond donors (Lipinski definition) is 1. The Labute approximate surface area is 116 Å². The van der Waals surface area contributed by atoms with E-state index in [0.717, 1.165) is 12.8 Å². The maximum absolute atomic E-state index is 12.1. The molecule has 0 saturated carbocycles. The summed E-state index contributed by atoms with van der Waals surface area (Å²) in [5.74, 6) is -0.101. The van der Waals surface area contributed by atoms with Gasteiger partial charge in [0.25, 0.3) is 5.91 Å². The van der Waals surface area contributed by atoms with Crippen molar-refractivity contribution in [2.24, 2.45) is 0 Å². The molecule has 1 fully saturated rings. The molecule has 108 valence electrons. The van der Waals surface area contributed by atoms with Gasteiger partial charge in [0.05, 0.1) is 19.8 Å². The van der Waals surface area contributed by atoms with Crippen molar-refractivity contribution in [1.82, 2.24) is 9.88 Å². The third kappa shape index (κ3) is 1.91. The fourth-order valence-corrected chi connectivity index (χ4v) is 2.58. The molecule has 0 aliphatic carbocycles. The SMILES string of the molecule is CCCCOc1c2n(ccc1=O)C1(CNC2=O)COC1. The number of aromatic nitrogens is 1. The lowest BCUT2D eigenvalue weighted by atomic mass is 9.93. The fourth-order valence-electron chi connectivity index (χ4n) is 2.58. The first-order chi connectivity index (χ1) is 9.68. The highest BCUT2D eigenvalue weighted by atomic mass is 16.5. The number of unbranched alkanes of at least 4 members (excludes halogenated alkanes) is 1. The van der Waals surface area contributed by atoms with Crippen LogP contribution in [0.5, 0.6) is 5.75 Å². The average molecular weight is 278 g/mol. The van der Waals surface area contributed by atoms with Crippen LogP contribution in [0.2, 0.25) is 0 Å². The molecule has 3 heterocycles. The number of ether oxygens (including phenoxy) is 2. The van der Waals surface area contributed by atoms with Crippen molar-refractivity contribution in [3.8, 4) is 5.75 Å². The van der Waals surface area contributed by atoms with Gasteiger partial charge in [0.15, 0.2) is 11.4 Å². The summed E-state index contributed by atoms with van der Waals surface area (Å²) in [5, 5.41) is 2.83. The van der Waals surface area contributed by atoms with E-state index in [0.29, 0.717) is 32.1 Å². The van der Waals surface area contributed by atoms with Crippen molar-refractivity contribution in [1.29, 1.82) is 0 Å². The van der Waals surface area contributed by atoms with Crippen molar-refractivity contribution in [3.63, 3.8) is 0 Å². The molecule has 20 heavy (non-hydrogen) atoms. The third-order valence-electron chi connectivity index (χ3n) is 3.84. The number of amides is 1. The van der Waals surface area contributed by atoms with Gasteiger partial charge in [-0.25, -0.2) is 0 Å². The van der Waals surface area contributed by atoms with E-state index in [-0.39, 0.29) is 22.6 Å². The first-order valence-electron chi connectivity index (χ1n) is 6.93. The summed E-state index contributed by atoms with van der Waals surface area (Å²) < 4.78 is 12.7. The lowest BCUT2D eigenvalue weighted by Gasteiger charge is -2.47. The van der Waals surface area contributed by atoms with Gasteiger partial charge in [-0.05, 0) is 6.42 Å². The summed E-state index contributed by atoms with van der Waals surface area (Å²) in [4.78, 5) is 24.1. The Morgan fingerprint density at radius 1 is 1.45 bits per heavy atom. The van der Waals surface area contributed by atoms with Crippen LogP contribution < -0.4 is 15.5 Å². The van der Waals surface area contributed by atoms with Gasteiger partial charge >= 0.3 is 0 Å². The molecule has 2 aliphatic rings. The molecule has 6 nitrogen and oxygen atoms in total. The maximum Gasteiger partial charge on any atom is 0.272 e. The second kappa shape index (κ2) is 4.94. The Morgan fingerprint density at radius 3 is 2.90 bits per heavy atom. The van der Waals surface area contributed by atoms with E-state index in [1.54, 1.807) is 6.20 Å². The molecule has 1 N–H and O–H groups in total. The molecular weight excluding hydrogens is 260 g/mol. The van der Waals surface area contributed by atoms with Gasteiger partial charge in [-0.2, -0.15) is 0 Å². The van der Waals surface area contributed by atoms with Crippen molar-refractivity contribution in [2.75, 3.05) is 26.4 Å². The van der Waals surface area contributed by atoms with E-state index in [1.165, 1.54) is 6.07 Å². The molecule has 0 atom stereocenters. The highest BCUT2D eigenvalue weighted by Crippen LogP contribution is 2.32. The van der Waals surface area contributed by atoms with Gasteiger partial charge in [-0.3, -0.25) is 9.59 Å². The molecule has 0 aromatic carbocycles. The van der Waals surface area contributed by atoms with Crippen molar-refractivity contribution in [2.45, 2.75) is 25.3 Å². The van der Waals surface area contributed by atoms with E-state index in [2.05, 4.69) is 5.32 Å². The first kappa shape index (κ1) is 13.2. The van der Waals surface area contributed by atoms with E-state index in [9.17, 15) is 9.59 Å². The van der Waals surface area contributed by atoms with E-state index < -0.39 is 0 Å². The Balaban J connectivity index is 2.04. The van der Waals surface area contributed by atoms with Gasteiger partial charge in [0.2, 0.25) is 5.43 Å². The molecule has 3 rings (SSSR count). The summed E-state index contributed by atoms with van der Waals surface area (Å²) >= 11 is 0. The van der Waals surface area contributed by atoms with E-state index >= 15 is 0 Å². The van der Waals surface area contributed by atoms with Crippen LogP contribution in [-0.2, 0) is 10.3 Å².